The average molecular weight is 256 g/mol. The van der Waals surface area contributed by atoms with Crippen molar-refractivity contribution in [2.45, 2.75) is 19.8 Å². The molecule has 19 heavy (non-hydrogen) atoms. The molecule has 98 valence electrons. The van der Waals surface area contributed by atoms with Crippen molar-refractivity contribution in [1.29, 1.82) is 5.26 Å². The van der Waals surface area contributed by atoms with Crippen LogP contribution in [-0.4, -0.2) is 18.2 Å². The third kappa shape index (κ3) is 5.17. The molecule has 1 aromatic carbocycles. The van der Waals surface area contributed by atoms with Crippen LogP contribution < -0.4 is 5.32 Å². The number of carbonyl (C=O) groups excluding carboxylic acids is 2. The summed E-state index contributed by atoms with van der Waals surface area (Å²) in [6.07, 6.45) is 4.32. The molecule has 0 saturated heterocycles. The first-order valence-electron chi connectivity index (χ1n) is 6.05. The highest BCUT2D eigenvalue weighted by atomic mass is 16.1. The van der Waals surface area contributed by atoms with E-state index in [0.717, 1.165) is 5.56 Å². The number of hydrogen-bond acceptors (Lipinski definition) is 3. The first-order chi connectivity index (χ1) is 9.15. The largest absolute Gasteiger partial charge is 0.356 e. The lowest BCUT2D eigenvalue weighted by Crippen LogP contribution is -2.20. The predicted octanol–water partition coefficient (Wildman–Crippen LogP) is 2.32. The van der Waals surface area contributed by atoms with Gasteiger partial charge in [0, 0.05) is 19.0 Å². The Kier molecular flexibility index (Phi) is 6.04. The maximum Gasteiger partial charge on any atom is 0.216 e. The molecule has 0 aliphatic rings. The molecule has 0 saturated carbocycles. The molecule has 0 aromatic heterocycles. The lowest BCUT2D eigenvalue weighted by molar-refractivity contribution is -0.118. The quantitative estimate of drug-likeness (QED) is 0.627. The molecule has 0 unspecified atom stereocenters. The standard InChI is InChI=1S/C15H16N2O2/c1-12(18)17-11-5-4-7-13-6-2-3-8-14(13)15(19)9-10-16/h2-4,6-8H,5,9,11H2,1H3,(H,17,18). The molecule has 0 aliphatic heterocycles. The van der Waals surface area contributed by atoms with E-state index in [1.807, 2.05) is 30.4 Å². The third-order valence-corrected chi connectivity index (χ3v) is 2.48. The van der Waals surface area contributed by atoms with Gasteiger partial charge in [-0.05, 0) is 12.0 Å². The normalized spacial score (nSPS) is 10.1. The van der Waals surface area contributed by atoms with Gasteiger partial charge in [-0.2, -0.15) is 5.26 Å². The van der Waals surface area contributed by atoms with Crippen LogP contribution in [0.1, 0.15) is 35.7 Å². The van der Waals surface area contributed by atoms with Crippen molar-refractivity contribution >= 4 is 17.8 Å². The molecule has 4 heteroatoms. The molecule has 0 heterocycles. The van der Waals surface area contributed by atoms with Crippen LogP contribution in [0.5, 0.6) is 0 Å². The van der Waals surface area contributed by atoms with Crippen LogP contribution in [0.15, 0.2) is 30.3 Å². The molecule has 0 fully saturated rings. The Morgan fingerprint density at radius 3 is 2.79 bits per heavy atom. The van der Waals surface area contributed by atoms with Gasteiger partial charge in [0.05, 0.1) is 12.5 Å². The lowest BCUT2D eigenvalue weighted by atomic mass is 10.0. The van der Waals surface area contributed by atoms with E-state index in [-0.39, 0.29) is 18.1 Å². The molecule has 0 bridgehead atoms. The molecule has 4 nitrogen and oxygen atoms in total. The smallest absolute Gasteiger partial charge is 0.216 e. The Morgan fingerprint density at radius 1 is 1.37 bits per heavy atom. The zero-order chi connectivity index (χ0) is 14.1. The number of benzene rings is 1. The van der Waals surface area contributed by atoms with Crippen molar-refractivity contribution in [3.05, 3.63) is 41.5 Å². The maximum absolute atomic E-state index is 11.7. The Hall–Kier alpha value is -2.41. The van der Waals surface area contributed by atoms with Crippen LogP contribution in [-0.2, 0) is 4.79 Å². The Balaban J connectivity index is 2.68. The van der Waals surface area contributed by atoms with Crippen LogP contribution in [0.25, 0.3) is 6.08 Å². The first kappa shape index (κ1) is 14.7. The summed E-state index contributed by atoms with van der Waals surface area (Å²) in [4.78, 5) is 22.4. The summed E-state index contributed by atoms with van der Waals surface area (Å²) in [5.41, 5.74) is 1.35. The first-order valence-corrected chi connectivity index (χ1v) is 6.05. The van der Waals surface area contributed by atoms with Crippen molar-refractivity contribution < 1.29 is 9.59 Å². The number of Topliss-reactive ketones (excluding diaryl/α,β-unsaturated/α-hetero) is 1. The minimum atomic E-state index is -0.176. The van der Waals surface area contributed by atoms with Crippen molar-refractivity contribution in [2.75, 3.05) is 6.54 Å². The molecular formula is C15H16N2O2. The second-order valence-electron chi connectivity index (χ2n) is 4.02. The third-order valence-electron chi connectivity index (χ3n) is 2.48. The van der Waals surface area contributed by atoms with Gasteiger partial charge in [-0.1, -0.05) is 36.4 Å². The van der Waals surface area contributed by atoms with Gasteiger partial charge in [0.1, 0.15) is 0 Å². The molecular weight excluding hydrogens is 240 g/mol. The highest BCUT2D eigenvalue weighted by molar-refractivity contribution is 6.00. The van der Waals surface area contributed by atoms with Crippen molar-refractivity contribution in [2.24, 2.45) is 0 Å². The molecule has 0 atom stereocenters. The lowest BCUT2D eigenvalue weighted by Gasteiger charge is -2.02. The van der Waals surface area contributed by atoms with Crippen molar-refractivity contribution in [1.82, 2.24) is 5.32 Å². The Morgan fingerprint density at radius 2 is 2.11 bits per heavy atom. The molecule has 0 aliphatic carbocycles. The van der Waals surface area contributed by atoms with E-state index in [4.69, 9.17) is 5.26 Å². The zero-order valence-electron chi connectivity index (χ0n) is 10.8. The van der Waals surface area contributed by atoms with Gasteiger partial charge in [0.25, 0.3) is 0 Å². The summed E-state index contributed by atoms with van der Waals surface area (Å²) in [7, 11) is 0. The summed E-state index contributed by atoms with van der Waals surface area (Å²) in [5, 5.41) is 11.2. The molecule has 1 N–H and O–H groups in total. The Labute approximate surface area is 112 Å². The second-order valence-corrected chi connectivity index (χ2v) is 4.02. The number of carbonyl (C=O) groups is 2. The molecule has 1 amide bonds. The van der Waals surface area contributed by atoms with Crippen molar-refractivity contribution in [3.8, 4) is 6.07 Å². The van der Waals surface area contributed by atoms with Gasteiger partial charge in [-0.15, -0.1) is 0 Å². The van der Waals surface area contributed by atoms with Crippen LogP contribution in [0, 0.1) is 11.3 Å². The monoisotopic (exact) mass is 256 g/mol. The number of hydrogen-bond donors (Lipinski definition) is 1. The highest BCUT2D eigenvalue weighted by Crippen LogP contribution is 2.13. The second kappa shape index (κ2) is 7.83. The number of rotatable bonds is 6. The van der Waals surface area contributed by atoms with Gasteiger partial charge in [0.15, 0.2) is 5.78 Å². The SMILES string of the molecule is CC(=O)NCCC=Cc1ccccc1C(=O)CC#N. The van der Waals surface area contributed by atoms with Gasteiger partial charge in [0.2, 0.25) is 5.91 Å². The number of nitrogens with one attached hydrogen (secondary N) is 1. The fourth-order valence-electron chi connectivity index (χ4n) is 1.61. The van der Waals surface area contributed by atoms with Crippen LogP contribution in [0.2, 0.25) is 0 Å². The summed E-state index contributed by atoms with van der Waals surface area (Å²) < 4.78 is 0. The average Bonchev–Trinajstić information content (AvgIpc) is 2.38. The van der Waals surface area contributed by atoms with E-state index >= 15 is 0 Å². The van der Waals surface area contributed by atoms with E-state index in [0.29, 0.717) is 18.5 Å². The number of nitriles is 1. The summed E-state index contributed by atoms with van der Waals surface area (Å²) >= 11 is 0. The van der Waals surface area contributed by atoms with Crippen LogP contribution in [0.4, 0.5) is 0 Å². The number of amides is 1. The van der Waals surface area contributed by atoms with E-state index in [1.54, 1.807) is 12.1 Å². The van der Waals surface area contributed by atoms with Gasteiger partial charge in [-0.25, -0.2) is 0 Å². The molecule has 0 spiro atoms. The van der Waals surface area contributed by atoms with E-state index in [9.17, 15) is 9.59 Å². The Bertz CT molecular complexity index is 527. The summed E-state index contributed by atoms with van der Waals surface area (Å²) in [5.74, 6) is -0.234. The summed E-state index contributed by atoms with van der Waals surface area (Å²) in [6, 6.07) is 9.03. The topological polar surface area (TPSA) is 70.0 Å². The van der Waals surface area contributed by atoms with Crippen LogP contribution >= 0.6 is 0 Å². The van der Waals surface area contributed by atoms with Gasteiger partial charge >= 0.3 is 0 Å². The molecule has 0 radical (unpaired) electrons. The minimum absolute atomic E-state index is 0.0574. The summed E-state index contributed by atoms with van der Waals surface area (Å²) in [6.45, 7) is 2.04. The fraction of sp³-hybridized carbons (Fsp3) is 0.267. The predicted molar refractivity (Wildman–Crippen MR) is 73.3 cm³/mol. The zero-order valence-corrected chi connectivity index (χ0v) is 10.8. The number of ketones is 1. The van der Waals surface area contributed by atoms with Crippen molar-refractivity contribution in [3.63, 3.8) is 0 Å². The van der Waals surface area contributed by atoms with E-state index in [1.165, 1.54) is 6.92 Å². The molecule has 1 rings (SSSR count). The highest BCUT2D eigenvalue weighted by Gasteiger charge is 2.07. The molecule has 1 aromatic rings. The van der Waals surface area contributed by atoms with Crippen LogP contribution in [0.3, 0.4) is 0 Å². The fourth-order valence-corrected chi connectivity index (χ4v) is 1.61. The van der Waals surface area contributed by atoms with E-state index in [2.05, 4.69) is 5.32 Å². The van der Waals surface area contributed by atoms with Gasteiger partial charge in [-0.3, -0.25) is 9.59 Å². The number of nitrogens with zero attached hydrogens (tertiary/aromatic N) is 1. The minimum Gasteiger partial charge on any atom is -0.356 e. The van der Waals surface area contributed by atoms with E-state index < -0.39 is 0 Å². The van der Waals surface area contributed by atoms with Gasteiger partial charge < -0.3 is 5.32 Å². The maximum atomic E-state index is 11.7.